The SMILES string of the molecule is CC(C)(C)[CH]NC(C)(C)C. The Labute approximate surface area is 65.2 Å². The molecule has 0 aromatic heterocycles. The maximum atomic E-state index is 3.34. The van der Waals surface area contributed by atoms with Gasteiger partial charge in [0.1, 0.15) is 0 Å². The zero-order chi connectivity index (χ0) is 8.41. The van der Waals surface area contributed by atoms with Crippen molar-refractivity contribution in [2.75, 3.05) is 0 Å². The van der Waals surface area contributed by atoms with Crippen LogP contribution in [0.3, 0.4) is 0 Å². The number of hydrogen-bond acceptors (Lipinski definition) is 1. The van der Waals surface area contributed by atoms with E-state index in [1.807, 2.05) is 0 Å². The molecule has 1 heteroatoms. The van der Waals surface area contributed by atoms with Gasteiger partial charge in [0.25, 0.3) is 0 Å². The smallest absolute Gasteiger partial charge is 0.0279 e. The Morgan fingerprint density at radius 1 is 0.900 bits per heavy atom. The largest absolute Gasteiger partial charge is 0.307 e. The molecule has 0 saturated carbocycles. The first-order valence-electron chi connectivity index (χ1n) is 3.83. The van der Waals surface area contributed by atoms with Gasteiger partial charge in [0, 0.05) is 12.1 Å². The van der Waals surface area contributed by atoms with E-state index in [0.717, 1.165) is 0 Å². The van der Waals surface area contributed by atoms with Gasteiger partial charge in [0.2, 0.25) is 0 Å². The summed E-state index contributed by atoms with van der Waals surface area (Å²) in [7, 11) is 0. The highest BCUT2D eigenvalue weighted by atomic mass is 14.9. The van der Waals surface area contributed by atoms with Crippen molar-refractivity contribution in [3.05, 3.63) is 6.54 Å². The molecule has 0 saturated heterocycles. The molecule has 61 valence electrons. The van der Waals surface area contributed by atoms with E-state index in [2.05, 4.69) is 53.4 Å². The molecule has 1 radical (unpaired) electrons. The zero-order valence-electron chi connectivity index (χ0n) is 8.08. The fraction of sp³-hybridized carbons (Fsp3) is 0.889. The average molecular weight is 142 g/mol. The summed E-state index contributed by atoms with van der Waals surface area (Å²) in [6, 6.07) is 0. The van der Waals surface area contributed by atoms with Gasteiger partial charge in [-0.05, 0) is 26.2 Å². The van der Waals surface area contributed by atoms with Gasteiger partial charge in [-0.15, -0.1) is 0 Å². The summed E-state index contributed by atoms with van der Waals surface area (Å²) in [5.74, 6) is 0. The van der Waals surface area contributed by atoms with E-state index in [-0.39, 0.29) is 11.0 Å². The molecule has 0 rings (SSSR count). The number of hydrogen-bond donors (Lipinski definition) is 1. The van der Waals surface area contributed by atoms with Crippen LogP contribution >= 0.6 is 0 Å². The first-order valence-corrected chi connectivity index (χ1v) is 3.83. The molecule has 0 fully saturated rings. The number of nitrogens with one attached hydrogen (secondary N) is 1. The van der Waals surface area contributed by atoms with Crippen molar-refractivity contribution in [3.63, 3.8) is 0 Å². The van der Waals surface area contributed by atoms with Crippen LogP contribution < -0.4 is 5.32 Å². The summed E-state index contributed by atoms with van der Waals surface area (Å²) >= 11 is 0. The summed E-state index contributed by atoms with van der Waals surface area (Å²) in [5, 5.41) is 3.34. The fourth-order valence-corrected chi connectivity index (χ4v) is 0.433. The van der Waals surface area contributed by atoms with Crippen molar-refractivity contribution in [2.24, 2.45) is 5.41 Å². The third-order valence-electron chi connectivity index (χ3n) is 0.938. The minimum absolute atomic E-state index is 0.202. The van der Waals surface area contributed by atoms with E-state index < -0.39 is 0 Å². The quantitative estimate of drug-likeness (QED) is 0.593. The molecule has 0 aliphatic carbocycles. The van der Waals surface area contributed by atoms with Crippen molar-refractivity contribution in [1.82, 2.24) is 5.32 Å². The molecule has 0 bridgehead atoms. The average Bonchev–Trinajstić information content (AvgIpc) is 1.57. The molecular formula is C9H20N. The first-order chi connectivity index (χ1) is 4.21. The summed E-state index contributed by atoms with van der Waals surface area (Å²) < 4.78 is 0. The van der Waals surface area contributed by atoms with Gasteiger partial charge < -0.3 is 5.32 Å². The summed E-state index contributed by atoms with van der Waals surface area (Å²) in [4.78, 5) is 0. The maximum absolute atomic E-state index is 3.34. The highest BCUT2D eigenvalue weighted by Crippen LogP contribution is 2.16. The van der Waals surface area contributed by atoms with Crippen molar-refractivity contribution in [1.29, 1.82) is 0 Å². The fourth-order valence-electron chi connectivity index (χ4n) is 0.433. The minimum Gasteiger partial charge on any atom is -0.307 e. The van der Waals surface area contributed by atoms with Crippen LogP contribution in [0, 0.1) is 12.0 Å². The van der Waals surface area contributed by atoms with Gasteiger partial charge in [0.05, 0.1) is 0 Å². The Hall–Kier alpha value is -0.0400. The van der Waals surface area contributed by atoms with E-state index in [1.165, 1.54) is 0 Å². The van der Waals surface area contributed by atoms with E-state index >= 15 is 0 Å². The van der Waals surface area contributed by atoms with Gasteiger partial charge in [-0.25, -0.2) is 0 Å². The summed E-state index contributed by atoms with van der Waals surface area (Å²) in [5.41, 5.74) is 0.473. The summed E-state index contributed by atoms with van der Waals surface area (Å²) in [6.07, 6.45) is 0. The normalized spacial score (nSPS) is 13.8. The Kier molecular flexibility index (Phi) is 2.90. The van der Waals surface area contributed by atoms with Crippen LogP contribution in [0.2, 0.25) is 0 Å². The predicted octanol–water partition coefficient (Wildman–Crippen LogP) is 2.58. The second-order valence-electron chi connectivity index (χ2n) is 4.90. The second kappa shape index (κ2) is 2.91. The molecule has 0 atom stereocenters. The number of rotatable bonds is 1. The molecule has 0 spiro atoms. The summed E-state index contributed by atoms with van der Waals surface area (Å²) in [6.45, 7) is 15.2. The van der Waals surface area contributed by atoms with Crippen LogP contribution in [-0.4, -0.2) is 5.54 Å². The van der Waals surface area contributed by atoms with Gasteiger partial charge in [0.15, 0.2) is 0 Å². The van der Waals surface area contributed by atoms with Crippen molar-refractivity contribution >= 4 is 0 Å². The van der Waals surface area contributed by atoms with Crippen molar-refractivity contribution < 1.29 is 0 Å². The van der Waals surface area contributed by atoms with Crippen LogP contribution in [0.5, 0.6) is 0 Å². The first kappa shape index (κ1) is 9.96. The third kappa shape index (κ3) is 7.96. The lowest BCUT2D eigenvalue weighted by atomic mass is 9.95. The third-order valence-corrected chi connectivity index (χ3v) is 0.938. The Morgan fingerprint density at radius 3 is 1.40 bits per heavy atom. The van der Waals surface area contributed by atoms with Crippen molar-refractivity contribution in [3.8, 4) is 0 Å². The van der Waals surface area contributed by atoms with Crippen LogP contribution in [0.1, 0.15) is 41.5 Å². The Balaban J connectivity index is 3.56. The van der Waals surface area contributed by atoms with E-state index in [1.54, 1.807) is 0 Å². The molecule has 10 heavy (non-hydrogen) atoms. The molecule has 0 aliphatic heterocycles. The van der Waals surface area contributed by atoms with E-state index in [9.17, 15) is 0 Å². The second-order valence-corrected chi connectivity index (χ2v) is 4.90. The minimum atomic E-state index is 0.202. The van der Waals surface area contributed by atoms with Crippen LogP contribution in [0.25, 0.3) is 0 Å². The predicted molar refractivity (Wildman–Crippen MR) is 46.6 cm³/mol. The van der Waals surface area contributed by atoms with E-state index in [4.69, 9.17) is 0 Å². The highest BCUT2D eigenvalue weighted by Gasteiger charge is 2.15. The van der Waals surface area contributed by atoms with Crippen LogP contribution in [0.4, 0.5) is 0 Å². The van der Waals surface area contributed by atoms with Crippen molar-refractivity contribution in [2.45, 2.75) is 47.1 Å². The molecule has 0 amide bonds. The lowest BCUT2D eigenvalue weighted by molar-refractivity contribution is 0.374. The highest BCUT2D eigenvalue weighted by molar-refractivity contribution is 4.84. The topological polar surface area (TPSA) is 12.0 Å². The lowest BCUT2D eigenvalue weighted by Gasteiger charge is -2.26. The van der Waals surface area contributed by atoms with E-state index in [0.29, 0.717) is 0 Å². The monoisotopic (exact) mass is 142 g/mol. The Bertz CT molecular complexity index is 78.3. The zero-order valence-corrected chi connectivity index (χ0v) is 8.08. The molecule has 0 heterocycles. The standard InChI is InChI=1S/C9H20N/c1-8(2,3)7-10-9(4,5)6/h7,10H,1-6H3. The molecule has 1 nitrogen and oxygen atoms in total. The molecule has 0 aromatic carbocycles. The van der Waals surface area contributed by atoms with Crippen LogP contribution in [0.15, 0.2) is 0 Å². The lowest BCUT2D eigenvalue weighted by Crippen LogP contribution is -2.37. The molecular weight excluding hydrogens is 122 g/mol. The van der Waals surface area contributed by atoms with Gasteiger partial charge in [-0.3, -0.25) is 0 Å². The molecule has 1 N–H and O–H groups in total. The van der Waals surface area contributed by atoms with Gasteiger partial charge in [-0.2, -0.15) is 0 Å². The maximum Gasteiger partial charge on any atom is 0.0279 e. The van der Waals surface area contributed by atoms with Crippen LogP contribution in [-0.2, 0) is 0 Å². The Morgan fingerprint density at radius 2 is 1.30 bits per heavy atom. The van der Waals surface area contributed by atoms with Gasteiger partial charge in [-0.1, -0.05) is 20.8 Å². The molecule has 0 unspecified atom stereocenters. The van der Waals surface area contributed by atoms with Gasteiger partial charge >= 0.3 is 0 Å². The molecule has 0 aliphatic rings. The molecule has 0 aromatic rings.